The third-order valence-corrected chi connectivity index (χ3v) is 5.56. The second-order valence-corrected chi connectivity index (χ2v) is 7.12. The number of nitrogens with one attached hydrogen (secondary N) is 1. The minimum absolute atomic E-state index is 0.00765. The summed E-state index contributed by atoms with van der Waals surface area (Å²) < 4.78 is 1.86. The molecule has 1 aromatic heterocycles. The fourth-order valence-corrected chi connectivity index (χ4v) is 3.58. The molecule has 1 N–H and O–H groups in total. The lowest BCUT2D eigenvalue weighted by atomic mass is 10.1. The smallest absolute Gasteiger partial charge is 0.317 e. The number of hydrogen-bond acceptors (Lipinski definition) is 3. The third-order valence-electron chi connectivity index (χ3n) is 5.56. The lowest BCUT2D eigenvalue weighted by Gasteiger charge is -2.37. The Morgan fingerprint density at radius 2 is 1.81 bits per heavy atom. The Morgan fingerprint density at radius 1 is 1.12 bits per heavy atom. The van der Waals surface area contributed by atoms with E-state index >= 15 is 0 Å². The van der Waals surface area contributed by atoms with E-state index in [0.29, 0.717) is 6.54 Å². The van der Waals surface area contributed by atoms with Crippen molar-refractivity contribution >= 4 is 11.7 Å². The van der Waals surface area contributed by atoms with Crippen LogP contribution < -0.4 is 10.2 Å². The average molecular weight is 355 g/mol. The second-order valence-electron chi connectivity index (χ2n) is 7.12. The number of piperazine rings is 1. The van der Waals surface area contributed by atoms with Gasteiger partial charge in [-0.05, 0) is 44.9 Å². The molecule has 0 spiro atoms. The number of carbonyl (C=O) groups excluding carboxylic acids is 1. The van der Waals surface area contributed by atoms with Crippen molar-refractivity contribution in [2.75, 3.05) is 31.1 Å². The van der Waals surface area contributed by atoms with Crippen molar-refractivity contribution < 1.29 is 4.79 Å². The first-order chi connectivity index (χ1) is 12.4. The first kappa shape index (κ1) is 18.3. The van der Waals surface area contributed by atoms with Gasteiger partial charge in [0.05, 0.1) is 5.69 Å². The second kappa shape index (κ2) is 7.40. The van der Waals surface area contributed by atoms with E-state index in [2.05, 4.69) is 47.4 Å². The molecule has 1 aliphatic heterocycles. The van der Waals surface area contributed by atoms with Crippen LogP contribution in [0.25, 0.3) is 0 Å². The van der Waals surface area contributed by atoms with E-state index in [0.717, 1.165) is 43.1 Å². The van der Waals surface area contributed by atoms with Crippen LogP contribution in [0, 0.1) is 27.7 Å². The van der Waals surface area contributed by atoms with Gasteiger partial charge in [0.2, 0.25) is 0 Å². The summed E-state index contributed by atoms with van der Waals surface area (Å²) >= 11 is 0. The molecule has 2 aromatic rings. The molecule has 140 valence electrons. The van der Waals surface area contributed by atoms with Crippen LogP contribution in [0.5, 0.6) is 0 Å². The topological polar surface area (TPSA) is 53.4 Å². The van der Waals surface area contributed by atoms with Crippen molar-refractivity contribution in [1.82, 2.24) is 20.0 Å². The van der Waals surface area contributed by atoms with Gasteiger partial charge in [-0.15, -0.1) is 0 Å². The highest BCUT2D eigenvalue weighted by atomic mass is 16.2. The molecule has 6 heteroatoms. The molecule has 0 radical (unpaired) electrons. The van der Waals surface area contributed by atoms with E-state index in [1.807, 2.05) is 30.5 Å². The van der Waals surface area contributed by atoms with Crippen LogP contribution >= 0.6 is 0 Å². The highest BCUT2D eigenvalue weighted by molar-refractivity contribution is 5.74. The molecule has 1 aromatic carbocycles. The first-order valence-corrected chi connectivity index (χ1v) is 9.21. The molecule has 0 bridgehead atoms. The van der Waals surface area contributed by atoms with Gasteiger partial charge in [0, 0.05) is 56.7 Å². The maximum atomic E-state index is 12.5. The van der Waals surface area contributed by atoms with Crippen LogP contribution in [0.1, 0.15) is 28.1 Å². The lowest BCUT2D eigenvalue weighted by molar-refractivity contribution is 0.194. The standard InChI is InChI=1S/C20H29N5O/c1-14-7-6-8-19(15(14)2)24-9-11-25(12-10-24)20(26)21-13-18-16(3)22-23(5)17(18)4/h6-8H,9-13H2,1-5H3,(H,21,26). The number of amides is 2. The number of aromatic nitrogens is 2. The molecule has 0 unspecified atom stereocenters. The Kier molecular flexibility index (Phi) is 5.20. The van der Waals surface area contributed by atoms with E-state index in [4.69, 9.17) is 0 Å². The van der Waals surface area contributed by atoms with Crippen molar-refractivity contribution in [2.45, 2.75) is 34.2 Å². The molecule has 0 aliphatic carbocycles. The number of rotatable bonds is 3. The van der Waals surface area contributed by atoms with Crippen LogP contribution in [-0.4, -0.2) is 46.9 Å². The molecule has 26 heavy (non-hydrogen) atoms. The molecule has 1 aliphatic rings. The molecule has 0 saturated carbocycles. The summed E-state index contributed by atoms with van der Waals surface area (Å²) in [7, 11) is 1.93. The summed E-state index contributed by atoms with van der Waals surface area (Å²) in [5.41, 5.74) is 7.10. The van der Waals surface area contributed by atoms with Gasteiger partial charge >= 0.3 is 6.03 Å². The Balaban J connectivity index is 1.56. The lowest BCUT2D eigenvalue weighted by Crippen LogP contribution is -2.51. The summed E-state index contributed by atoms with van der Waals surface area (Å²) in [6.07, 6.45) is 0. The highest BCUT2D eigenvalue weighted by Crippen LogP contribution is 2.23. The van der Waals surface area contributed by atoms with E-state index < -0.39 is 0 Å². The minimum atomic E-state index is 0.00765. The van der Waals surface area contributed by atoms with Crippen molar-refractivity contribution in [2.24, 2.45) is 7.05 Å². The molecular formula is C20H29N5O. The maximum Gasteiger partial charge on any atom is 0.317 e. The van der Waals surface area contributed by atoms with Crippen LogP contribution in [0.2, 0.25) is 0 Å². The van der Waals surface area contributed by atoms with Crippen molar-refractivity contribution in [1.29, 1.82) is 0 Å². The Hall–Kier alpha value is -2.50. The quantitative estimate of drug-likeness (QED) is 0.921. The van der Waals surface area contributed by atoms with Gasteiger partial charge in [-0.1, -0.05) is 12.1 Å². The number of aryl methyl sites for hydroxylation is 3. The van der Waals surface area contributed by atoms with Crippen LogP contribution in [0.3, 0.4) is 0 Å². The Labute approximate surface area is 155 Å². The van der Waals surface area contributed by atoms with Gasteiger partial charge in [-0.3, -0.25) is 4.68 Å². The predicted molar refractivity (Wildman–Crippen MR) is 105 cm³/mol. The third kappa shape index (κ3) is 3.54. The number of urea groups is 1. The number of benzene rings is 1. The number of carbonyl (C=O) groups is 1. The highest BCUT2D eigenvalue weighted by Gasteiger charge is 2.22. The number of hydrogen-bond donors (Lipinski definition) is 1. The summed E-state index contributed by atoms with van der Waals surface area (Å²) in [6, 6.07) is 6.43. The zero-order chi connectivity index (χ0) is 18.8. The average Bonchev–Trinajstić information content (AvgIpc) is 2.87. The van der Waals surface area contributed by atoms with Crippen molar-refractivity contribution in [3.63, 3.8) is 0 Å². The fourth-order valence-electron chi connectivity index (χ4n) is 3.58. The minimum Gasteiger partial charge on any atom is -0.368 e. The van der Waals surface area contributed by atoms with Crippen molar-refractivity contribution in [3.05, 3.63) is 46.3 Å². The zero-order valence-electron chi connectivity index (χ0n) is 16.5. The fraction of sp³-hybridized carbons (Fsp3) is 0.500. The Bertz CT molecular complexity index is 803. The van der Waals surface area contributed by atoms with Crippen molar-refractivity contribution in [3.8, 4) is 0 Å². The van der Waals surface area contributed by atoms with Gasteiger partial charge < -0.3 is 15.1 Å². The van der Waals surface area contributed by atoms with Gasteiger partial charge in [0.25, 0.3) is 0 Å². The SMILES string of the molecule is Cc1cccc(N2CCN(C(=O)NCc3c(C)nn(C)c3C)CC2)c1C. The maximum absolute atomic E-state index is 12.5. The number of nitrogens with zero attached hydrogens (tertiary/aromatic N) is 4. The molecule has 1 saturated heterocycles. The monoisotopic (exact) mass is 355 g/mol. The molecule has 2 amide bonds. The first-order valence-electron chi connectivity index (χ1n) is 9.21. The predicted octanol–water partition coefficient (Wildman–Crippen LogP) is 2.69. The van der Waals surface area contributed by atoms with Gasteiger partial charge in [0.15, 0.2) is 0 Å². The van der Waals surface area contributed by atoms with Gasteiger partial charge in [-0.2, -0.15) is 5.10 Å². The summed E-state index contributed by atoms with van der Waals surface area (Å²) in [4.78, 5) is 16.8. The Morgan fingerprint density at radius 3 is 2.42 bits per heavy atom. The number of anilines is 1. The van der Waals surface area contributed by atoms with Gasteiger partial charge in [0.1, 0.15) is 0 Å². The van der Waals surface area contributed by atoms with E-state index in [1.165, 1.54) is 16.8 Å². The molecule has 6 nitrogen and oxygen atoms in total. The molecule has 0 atom stereocenters. The van der Waals surface area contributed by atoms with Crippen LogP contribution in [-0.2, 0) is 13.6 Å². The zero-order valence-corrected chi connectivity index (χ0v) is 16.5. The van der Waals surface area contributed by atoms with Crippen LogP contribution in [0.15, 0.2) is 18.2 Å². The summed E-state index contributed by atoms with van der Waals surface area (Å²) in [5, 5.41) is 7.46. The van der Waals surface area contributed by atoms with Gasteiger partial charge in [-0.25, -0.2) is 4.79 Å². The summed E-state index contributed by atoms with van der Waals surface area (Å²) in [6.45, 7) is 12.1. The summed E-state index contributed by atoms with van der Waals surface area (Å²) in [5.74, 6) is 0. The normalized spacial score (nSPS) is 14.7. The largest absolute Gasteiger partial charge is 0.368 e. The van der Waals surface area contributed by atoms with E-state index in [-0.39, 0.29) is 6.03 Å². The van der Waals surface area contributed by atoms with E-state index in [1.54, 1.807) is 0 Å². The molecule has 2 heterocycles. The van der Waals surface area contributed by atoms with Crippen LogP contribution in [0.4, 0.5) is 10.5 Å². The van der Waals surface area contributed by atoms with E-state index in [9.17, 15) is 4.79 Å². The molecule has 3 rings (SSSR count). The molecule has 1 fully saturated rings. The molecular weight excluding hydrogens is 326 g/mol.